The first kappa shape index (κ1) is 15.3. The van der Waals surface area contributed by atoms with Crippen molar-refractivity contribution in [1.29, 1.82) is 0 Å². The van der Waals surface area contributed by atoms with Gasteiger partial charge in [-0.2, -0.15) is 0 Å². The molecule has 112 valence electrons. The molecule has 2 rings (SSSR count). The van der Waals surface area contributed by atoms with Gasteiger partial charge in [-0.25, -0.2) is 0 Å². The van der Waals surface area contributed by atoms with Gasteiger partial charge in [-0.3, -0.25) is 0 Å². The quantitative estimate of drug-likeness (QED) is 0.860. The fourth-order valence-electron chi connectivity index (χ4n) is 3.45. The lowest BCUT2D eigenvalue weighted by Gasteiger charge is -2.43. The third-order valence-electron chi connectivity index (χ3n) is 4.49. The van der Waals surface area contributed by atoms with Crippen LogP contribution in [-0.4, -0.2) is 26.4 Å². The molecule has 20 heavy (non-hydrogen) atoms. The largest absolute Gasteiger partial charge is 0.496 e. The standard InChI is InChI=1S/C17H27NO2/c1-4-18-16(14-10-6-7-11-15(14)19-2)17(20-3)12-8-5-9-13-17/h6-7,10-11,16,18H,4-5,8-9,12-13H2,1-3H3. The average molecular weight is 277 g/mol. The molecule has 3 nitrogen and oxygen atoms in total. The molecule has 0 bridgehead atoms. The van der Waals surface area contributed by atoms with Crippen molar-refractivity contribution in [3.05, 3.63) is 29.8 Å². The second kappa shape index (κ2) is 7.09. The van der Waals surface area contributed by atoms with Gasteiger partial charge in [0, 0.05) is 12.7 Å². The van der Waals surface area contributed by atoms with Gasteiger partial charge in [-0.15, -0.1) is 0 Å². The molecule has 1 unspecified atom stereocenters. The minimum Gasteiger partial charge on any atom is -0.496 e. The van der Waals surface area contributed by atoms with E-state index in [2.05, 4.69) is 24.4 Å². The van der Waals surface area contributed by atoms with Crippen LogP contribution in [0.15, 0.2) is 24.3 Å². The highest BCUT2D eigenvalue weighted by Crippen LogP contribution is 2.43. The van der Waals surface area contributed by atoms with E-state index in [0.29, 0.717) is 0 Å². The number of rotatable bonds is 6. The first-order chi connectivity index (χ1) is 9.77. The highest BCUT2D eigenvalue weighted by molar-refractivity contribution is 5.37. The number of benzene rings is 1. The Hall–Kier alpha value is -1.06. The van der Waals surface area contributed by atoms with Gasteiger partial charge in [0.2, 0.25) is 0 Å². The number of para-hydroxylation sites is 1. The summed E-state index contributed by atoms with van der Waals surface area (Å²) in [6.45, 7) is 3.07. The van der Waals surface area contributed by atoms with Crippen LogP contribution in [-0.2, 0) is 4.74 Å². The van der Waals surface area contributed by atoms with E-state index in [9.17, 15) is 0 Å². The van der Waals surface area contributed by atoms with Crippen LogP contribution in [0.5, 0.6) is 5.75 Å². The highest BCUT2D eigenvalue weighted by Gasteiger charge is 2.41. The Morgan fingerprint density at radius 1 is 1.15 bits per heavy atom. The number of hydrogen-bond acceptors (Lipinski definition) is 3. The predicted octanol–water partition coefficient (Wildman–Crippen LogP) is 3.70. The summed E-state index contributed by atoms with van der Waals surface area (Å²) in [5.74, 6) is 0.945. The summed E-state index contributed by atoms with van der Waals surface area (Å²) in [4.78, 5) is 0. The van der Waals surface area contributed by atoms with Gasteiger partial charge < -0.3 is 14.8 Å². The fourth-order valence-corrected chi connectivity index (χ4v) is 3.45. The number of hydrogen-bond donors (Lipinski definition) is 1. The van der Waals surface area contributed by atoms with Crippen LogP contribution in [0.25, 0.3) is 0 Å². The average Bonchev–Trinajstić information content (AvgIpc) is 2.53. The minimum absolute atomic E-state index is 0.108. The Labute approximate surface area is 122 Å². The molecule has 0 amide bonds. The number of nitrogens with one attached hydrogen (secondary N) is 1. The molecule has 1 saturated carbocycles. The van der Waals surface area contributed by atoms with Crippen LogP contribution in [0.2, 0.25) is 0 Å². The van der Waals surface area contributed by atoms with Gasteiger partial charge in [-0.05, 0) is 25.5 Å². The number of ether oxygens (including phenoxy) is 2. The normalized spacial score (nSPS) is 19.6. The van der Waals surface area contributed by atoms with E-state index in [-0.39, 0.29) is 11.6 Å². The van der Waals surface area contributed by atoms with Crippen molar-refractivity contribution in [2.75, 3.05) is 20.8 Å². The van der Waals surface area contributed by atoms with E-state index in [4.69, 9.17) is 9.47 Å². The molecule has 3 heteroatoms. The van der Waals surface area contributed by atoms with Crippen LogP contribution in [0.3, 0.4) is 0 Å². The van der Waals surface area contributed by atoms with Crippen LogP contribution < -0.4 is 10.1 Å². The lowest BCUT2D eigenvalue weighted by molar-refractivity contribution is -0.0688. The Morgan fingerprint density at radius 2 is 1.85 bits per heavy atom. The van der Waals surface area contributed by atoms with E-state index in [0.717, 1.165) is 25.1 Å². The summed E-state index contributed by atoms with van der Waals surface area (Å²) < 4.78 is 11.6. The van der Waals surface area contributed by atoms with Gasteiger partial charge >= 0.3 is 0 Å². The number of likely N-dealkylation sites (N-methyl/N-ethyl adjacent to an activating group) is 1. The van der Waals surface area contributed by atoms with Crippen molar-refractivity contribution in [2.24, 2.45) is 0 Å². The summed E-state index contributed by atoms with van der Waals surface area (Å²) >= 11 is 0. The summed E-state index contributed by atoms with van der Waals surface area (Å²) in [6.07, 6.45) is 6.02. The van der Waals surface area contributed by atoms with E-state index < -0.39 is 0 Å². The molecule has 1 aliphatic rings. The molecular weight excluding hydrogens is 250 g/mol. The summed E-state index contributed by atoms with van der Waals surface area (Å²) in [5.41, 5.74) is 1.10. The second-order valence-electron chi connectivity index (χ2n) is 5.56. The molecule has 0 saturated heterocycles. The van der Waals surface area contributed by atoms with Crippen molar-refractivity contribution in [3.63, 3.8) is 0 Å². The minimum atomic E-state index is -0.108. The molecule has 0 radical (unpaired) electrons. The van der Waals surface area contributed by atoms with Gasteiger partial charge in [0.25, 0.3) is 0 Å². The second-order valence-corrected chi connectivity index (χ2v) is 5.56. The molecule has 1 aromatic rings. The number of methoxy groups -OCH3 is 2. The molecule has 0 aliphatic heterocycles. The summed E-state index contributed by atoms with van der Waals surface area (Å²) in [6, 6.07) is 8.47. The van der Waals surface area contributed by atoms with Gasteiger partial charge in [0.15, 0.2) is 0 Å². The third-order valence-corrected chi connectivity index (χ3v) is 4.49. The van der Waals surface area contributed by atoms with Gasteiger partial charge in [0.1, 0.15) is 5.75 Å². The molecule has 0 spiro atoms. The van der Waals surface area contributed by atoms with Crippen molar-refractivity contribution < 1.29 is 9.47 Å². The van der Waals surface area contributed by atoms with Gasteiger partial charge in [-0.1, -0.05) is 44.4 Å². The first-order valence-corrected chi connectivity index (χ1v) is 7.69. The van der Waals surface area contributed by atoms with Crippen LogP contribution in [0.1, 0.15) is 50.6 Å². The lowest BCUT2D eigenvalue weighted by Crippen LogP contribution is -2.47. The summed E-state index contributed by atoms with van der Waals surface area (Å²) in [7, 11) is 3.59. The first-order valence-electron chi connectivity index (χ1n) is 7.69. The Balaban J connectivity index is 2.38. The Bertz CT molecular complexity index is 413. The van der Waals surface area contributed by atoms with Crippen molar-refractivity contribution in [3.8, 4) is 5.75 Å². The zero-order valence-corrected chi connectivity index (χ0v) is 12.9. The summed E-state index contributed by atoms with van der Waals surface area (Å²) in [5, 5.41) is 3.63. The van der Waals surface area contributed by atoms with E-state index in [1.807, 2.05) is 19.2 Å². The molecule has 1 N–H and O–H groups in total. The molecule has 0 aromatic heterocycles. The predicted molar refractivity (Wildman–Crippen MR) is 82.2 cm³/mol. The molecular formula is C17H27NO2. The van der Waals surface area contributed by atoms with E-state index in [1.54, 1.807) is 7.11 Å². The maximum atomic E-state index is 6.03. The fraction of sp³-hybridized carbons (Fsp3) is 0.647. The van der Waals surface area contributed by atoms with Gasteiger partial charge in [0.05, 0.1) is 18.8 Å². The maximum absolute atomic E-state index is 6.03. The Morgan fingerprint density at radius 3 is 2.45 bits per heavy atom. The van der Waals surface area contributed by atoms with E-state index in [1.165, 1.54) is 24.8 Å². The van der Waals surface area contributed by atoms with E-state index >= 15 is 0 Å². The smallest absolute Gasteiger partial charge is 0.123 e. The highest BCUT2D eigenvalue weighted by atomic mass is 16.5. The molecule has 0 heterocycles. The lowest BCUT2D eigenvalue weighted by atomic mass is 9.76. The third kappa shape index (κ3) is 2.99. The van der Waals surface area contributed by atoms with Crippen molar-refractivity contribution >= 4 is 0 Å². The van der Waals surface area contributed by atoms with Crippen LogP contribution in [0, 0.1) is 0 Å². The van der Waals surface area contributed by atoms with Crippen LogP contribution >= 0.6 is 0 Å². The molecule has 1 aromatic carbocycles. The Kier molecular flexibility index (Phi) is 5.44. The van der Waals surface area contributed by atoms with Crippen molar-refractivity contribution in [2.45, 2.75) is 50.7 Å². The van der Waals surface area contributed by atoms with Crippen LogP contribution in [0.4, 0.5) is 0 Å². The topological polar surface area (TPSA) is 30.5 Å². The molecule has 1 fully saturated rings. The molecule has 1 aliphatic carbocycles. The zero-order chi connectivity index (χ0) is 14.4. The molecule has 1 atom stereocenters. The maximum Gasteiger partial charge on any atom is 0.123 e. The zero-order valence-electron chi connectivity index (χ0n) is 12.9. The van der Waals surface area contributed by atoms with Crippen molar-refractivity contribution in [1.82, 2.24) is 5.32 Å². The monoisotopic (exact) mass is 277 g/mol. The SMILES string of the molecule is CCNC(c1ccccc1OC)C1(OC)CCCCC1.